The van der Waals surface area contributed by atoms with Crippen molar-refractivity contribution in [3.05, 3.63) is 39.4 Å². The van der Waals surface area contributed by atoms with Gasteiger partial charge in [0, 0.05) is 23.4 Å². The maximum atomic E-state index is 12.6. The van der Waals surface area contributed by atoms with Gasteiger partial charge in [-0.2, -0.15) is 0 Å². The molecule has 0 spiro atoms. The van der Waals surface area contributed by atoms with Gasteiger partial charge in [0.25, 0.3) is 11.6 Å². The molecule has 1 aliphatic rings. The summed E-state index contributed by atoms with van der Waals surface area (Å²) in [7, 11) is 0. The third-order valence-corrected chi connectivity index (χ3v) is 4.61. The van der Waals surface area contributed by atoms with E-state index in [-0.39, 0.29) is 11.1 Å². The van der Waals surface area contributed by atoms with Crippen LogP contribution in [0.2, 0.25) is 0 Å². The summed E-state index contributed by atoms with van der Waals surface area (Å²) in [4.78, 5) is 35.3. The van der Waals surface area contributed by atoms with Crippen LogP contribution in [-0.4, -0.2) is 44.0 Å². The Bertz CT molecular complexity index is 619. The minimum atomic E-state index is -1.04. The van der Waals surface area contributed by atoms with Crippen LogP contribution in [0.4, 0.5) is 5.69 Å². The third kappa shape index (κ3) is 2.85. The largest absolute Gasteiger partial charge is 0.480 e. The molecule has 0 aliphatic carbocycles. The third-order valence-electron chi connectivity index (χ3n) is 3.39. The molecule has 2 rings (SSSR count). The molecule has 1 N–H and O–H groups in total. The molecule has 1 amide bonds. The zero-order valence-electron chi connectivity index (χ0n) is 11.5. The number of non-ortho nitro benzene ring substituents is 1. The zero-order chi connectivity index (χ0) is 15.7. The Labute approximate surface area is 125 Å². The van der Waals surface area contributed by atoms with E-state index in [2.05, 4.69) is 0 Å². The summed E-state index contributed by atoms with van der Waals surface area (Å²) >= 11 is 1.39. The quantitative estimate of drug-likeness (QED) is 0.676. The van der Waals surface area contributed by atoms with Crippen molar-refractivity contribution < 1.29 is 19.6 Å². The number of aliphatic carboxylic acids is 1. The van der Waals surface area contributed by atoms with Gasteiger partial charge < -0.3 is 10.0 Å². The molecule has 21 heavy (non-hydrogen) atoms. The molecule has 2 atom stereocenters. The predicted molar refractivity (Wildman–Crippen MR) is 77.3 cm³/mol. The van der Waals surface area contributed by atoms with E-state index in [1.165, 1.54) is 34.9 Å². The Balaban J connectivity index is 2.35. The molecule has 0 aromatic heterocycles. The van der Waals surface area contributed by atoms with E-state index in [1.54, 1.807) is 13.8 Å². The van der Waals surface area contributed by atoms with Gasteiger partial charge in [-0.25, -0.2) is 4.79 Å². The lowest BCUT2D eigenvalue weighted by Crippen LogP contribution is -2.45. The predicted octanol–water partition coefficient (Wildman–Crippen LogP) is 1.89. The molecular weight excluding hydrogens is 296 g/mol. The molecule has 1 aromatic rings. The molecule has 1 aromatic carbocycles. The lowest BCUT2D eigenvalue weighted by molar-refractivity contribution is -0.384. The number of thioether (sulfide) groups is 1. The summed E-state index contributed by atoms with van der Waals surface area (Å²) in [5.74, 6) is -1.11. The Morgan fingerprint density at radius 2 is 2.14 bits per heavy atom. The first-order valence-electron chi connectivity index (χ1n) is 6.25. The van der Waals surface area contributed by atoms with Gasteiger partial charge in [0.15, 0.2) is 0 Å². The second kappa shape index (κ2) is 5.72. The summed E-state index contributed by atoms with van der Waals surface area (Å²) < 4.78 is 0. The fourth-order valence-electron chi connectivity index (χ4n) is 2.28. The van der Waals surface area contributed by atoms with E-state index in [0.29, 0.717) is 16.9 Å². The highest BCUT2D eigenvalue weighted by atomic mass is 32.2. The maximum absolute atomic E-state index is 12.6. The number of nitro benzene ring substituents is 1. The number of carbonyl (C=O) groups is 2. The Morgan fingerprint density at radius 1 is 1.48 bits per heavy atom. The smallest absolute Gasteiger partial charge is 0.327 e. The average Bonchev–Trinajstić information content (AvgIpc) is 2.79. The van der Waals surface area contributed by atoms with Crippen LogP contribution in [0.3, 0.4) is 0 Å². The van der Waals surface area contributed by atoms with Crippen LogP contribution in [0.1, 0.15) is 22.8 Å². The number of rotatable bonds is 3. The first kappa shape index (κ1) is 15.3. The fraction of sp³-hybridized carbons (Fsp3) is 0.385. The number of carbonyl (C=O) groups excluding carboxylic acids is 1. The van der Waals surface area contributed by atoms with Crippen molar-refractivity contribution in [3.63, 3.8) is 0 Å². The van der Waals surface area contributed by atoms with E-state index in [9.17, 15) is 24.8 Å². The summed E-state index contributed by atoms with van der Waals surface area (Å²) in [6, 6.07) is 3.08. The summed E-state index contributed by atoms with van der Waals surface area (Å²) in [5, 5.41) is 19.7. The van der Waals surface area contributed by atoms with Gasteiger partial charge in [-0.3, -0.25) is 14.9 Å². The number of carboxylic acid groups (broad SMARTS) is 1. The van der Waals surface area contributed by atoms with Gasteiger partial charge in [0.2, 0.25) is 0 Å². The SMILES string of the molecule is Cc1cc([N+](=O)[O-])ccc1C(=O)N1C(C)SCC1C(=O)O. The van der Waals surface area contributed by atoms with Crippen molar-refractivity contribution in [3.8, 4) is 0 Å². The number of hydrogen-bond acceptors (Lipinski definition) is 5. The summed E-state index contributed by atoms with van der Waals surface area (Å²) in [6.07, 6.45) is 0. The summed E-state index contributed by atoms with van der Waals surface area (Å²) in [5.41, 5.74) is 0.659. The molecule has 0 saturated carbocycles. The van der Waals surface area contributed by atoms with Gasteiger partial charge in [-0.1, -0.05) is 0 Å². The van der Waals surface area contributed by atoms with Crippen molar-refractivity contribution in [1.82, 2.24) is 4.90 Å². The minimum absolute atomic E-state index is 0.0947. The number of nitro groups is 1. The first-order chi connectivity index (χ1) is 9.82. The van der Waals surface area contributed by atoms with Gasteiger partial charge in [0.1, 0.15) is 6.04 Å². The second-order valence-corrected chi connectivity index (χ2v) is 6.10. The number of nitrogens with zero attached hydrogens (tertiary/aromatic N) is 2. The van der Waals surface area contributed by atoms with Crippen LogP contribution in [0.25, 0.3) is 0 Å². The normalized spacial score (nSPS) is 21.3. The van der Waals surface area contributed by atoms with Crippen molar-refractivity contribution in [2.75, 3.05) is 5.75 Å². The van der Waals surface area contributed by atoms with Crippen LogP contribution < -0.4 is 0 Å². The number of carboxylic acids is 1. The highest BCUT2D eigenvalue weighted by Crippen LogP contribution is 2.31. The van der Waals surface area contributed by atoms with Crippen LogP contribution in [-0.2, 0) is 4.79 Å². The number of hydrogen-bond donors (Lipinski definition) is 1. The Morgan fingerprint density at radius 3 is 2.67 bits per heavy atom. The van der Waals surface area contributed by atoms with Gasteiger partial charge in [-0.05, 0) is 25.5 Å². The van der Waals surface area contributed by atoms with Crippen molar-refractivity contribution in [2.24, 2.45) is 0 Å². The van der Waals surface area contributed by atoms with Crippen LogP contribution in [0, 0.1) is 17.0 Å². The molecule has 1 saturated heterocycles. The number of benzene rings is 1. The van der Waals surface area contributed by atoms with E-state index >= 15 is 0 Å². The Kier molecular flexibility index (Phi) is 4.17. The van der Waals surface area contributed by atoms with Gasteiger partial charge in [0.05, 0.1) is 10.3 Å². The molecule has 112 valence electrons. The van der Waals surface area contributed by atoms with E-state index in [1.807, 2.05) is 0 Å². The van der Waals surface area contributed by atoms with E-state index in [4.69, 9.17) is 0 Å². The number of aryl methyl sites for hydroxylation is 1. The summed E-state index contributed by atoms with van der Waals surface area (Å²) in [6.45, 7) is 3.37. The first-order valence-corrected chi connectivity index (χ1v) is 7.30. The highest BCUT2D eigenvalue weighted by Gasteiger charge is 2.40. The average molecular weight is 310 g/mol. The molecule has 2 unspecified atom stereocenters. The minimum Gasteiger partial charge on any atom is -0.480 e. The van der Waals surface area contributed by atoms with Crippen molar-refractivity contribution in [1.29, 1.82) is 0 Å². The van der Waals surface area contributed by atoms with Gasteiger partial charge >= 0.3 is 5.97 Å². The standard InChI is InChI=1S/C13H14N2O5S/c1-7-5-9(15(19)20)3-4-10(7)12(16)14-8(2)21-6-11(14)13(17)18/h3-5,8,11H,6H2,1-2H3,(H,17,18). The molecule has 1 heterocycles. The highest BCUT2D eigenvalue weighted by molar-refractivity contribution is 8.00. The molecule has 0 radical (unpaired) electrons. The molecular formula is C13H14N2O5S. The fourth-order valence-corrected chi connectivity index (χ4v) is 3.45. The lowest BCUT2D eigenvalue weighted by Gasteiger charge is -2.25. The molecule has 1 fully saturated rings. The lowest BCUT2D eigenvalue weighted by atomic mass is 10.1. The van der Waals surface area contributed by atoms with Crippen molar-refractivity contribution >= 4 is 29.3 Å². The Hall–Kier alpha value is -2.09. The topological polar surface area (TPSA) is 101 Å². The molecule has 8 heteroatoms. The monoisotopic (exact) mass is 310 g/mol. The van der Waals surface area contributed by atoms with Crippen LogP contribution in [0.5, 0.6) is 0 Å². The van der Waals surface area contributed by atoms with Crippen LogP contribution in [0.15, 0.2) is 18.2 Å². The maximum Gasteiger partial charge on any atom is 0.327 e. The molecule has 7 nitrogen and oxygen atoms in total. The van der Waals surface area contributed by atoms with E-state index in [0.717, 1.165) is 0 Å². The van der Waals surface area contributed by atoms with Crippen LogP contribution >= 0.6 is 11.8 Å². The second-order valence-electron chi connectivity index (χ2n) is 4.76. The molecule has 0 bridgehead atoms. The molecule has 1 aliphatic heterocycles. The van der Waals surface area contributed by atoms with E-state index < -0.39 is 22.8 Å². The van der Waals surface area contributed by atoms with Gasteiger partial charge in [-0.15, -0.1) is 11.8 Å². The zero-order valence-corrected chi connectivity index (χ0v) is 12.3. The van der Waals surface area contributed by atoms with Crippen molar-refractivity contribution in [2.45, 2.75) is 25.3 Å². The number of amides is 1.